The van der Waals surface area contributed by atoms with Gasteiger partial charge in [-0.1, -0.05) is 18.2 Å². The molecule has 0 bridgehead atoms. The molecule has 35 heavy (non-hydrogen) atoms. The molecule has 0 unspecified atom stereocenters. The monoisotopic (exact) mass is 469 g/mol. The highest BCUT2D eigenvalue weighted by Gasteiger charge is 2.17. The number of anilines is 3. The Hall–Kier alpha value is -4.86. The number of benzene rings is 2. The van der Waals surface area contributed by atoms with E-state index >= 15 is 0 Å². The lowest BCUT2D eigenvalue weighted by atomic mass is 10.1. The van der Waals surface area contributed by atoms with Gasteiger partial charge in [-0.2, -0.15) is 0 Å². The molecule has 0 aliphatic heterocycles. The maximum absolute atomic E-state index is 14.7. The van der Waals surface area contributed by atoms with Crippen molar-refractivity contribution in [2.75, 3.05) is 17.7 Å². The largest absolute Gasteiger partial charge is 0.494 e. The van der Waals surface area contributed by atoms with Crippen LogP contribution in [0, 0.1) is 5.82 Å². The van der Waals surface area contributed by atoms with E-state index in [-0.39, 0.29) is 23.2 Å². The molecule has 2 aromatic carbocycles. The molecule has 0 atom stereocenters. The Balaban J connectivity index is 1.47. The number of para-hydroxylation sites is 1. The van der Waals surface area contributed by atoms with Gasteiger partial charge >= 0.3 is 0 Å². The number of methoxy groups -OCH3 is 1. The van der Waals surface area contributed by atoms with Crippen LogP contribution in [0.2, 0.25) is 0 Å². The molecule has 0 aliphatic rings. The van der Waals surface area contributed by atoms with Gasteiger partial charge in [-0.3, -0.25) is 4.79 Å². The van der Waals surface area contributed by atoms with Crippen LogP contribution in [0.15, 0.2) is 73.3 Å². The fourth-order valence-corrected chi connectivity index (χ4v) is 3.75. The molecular weight excluding hydrogens is 449 g/mol. The molecule has 1 amide bonds. The van der Waals surface area contributed by atoms with Crippen molar-refractivity contribution in [3.63, 3.8) is 0 Å². The fraction of sp³-hybridized carbons (Fsp3) is 0.0800. The minimum Gasteiger partial charge on any atom is -0.494 e. The number of carbonyl (C=O) groups is 1. The molecule has 3 aromatic heterocycles. The summed E-state index contributed by atoms with van der Waals surface area (Å²) in [6, 6.07) is 14.0. The minimum absolute atomic E-state index is 0.0732. The SMILES string of the molecule is COc1cc(F)c(NC(=O)c2ncccn2)cc1Nc1nccc(-c2cn(C)c3ccccc23)n1. The van der Waals surface area contributed by atoms with E-state index in [9.17, 15) is 9.18 Å². The Morgan fingerprint density at radius 3 is 2.60 bits per heavy atom. The summed E-state index contributed by atoms with van der Waals surface area (Å²) in [4.78, 5) is 29.1. The smallest absolute Gasteiger partial charge is 0.293 e. The first kappa shape index (κ1) is 22.0. The van der Waals surface area contributed by atoms with Crippen LogP contribution in [0.4, 0.5) is 21.7 Å². The average Bonchev–Trinajstić information content (AvgIpc) is 3.23. The van der Waals surface area contributed by atoms with Crippen LogP contribution in [0.5, 0.6) is 5.75 Å². The van der Waals surface area contributed by atoms with E-state index < -0.39 is 11.7 Å². The van der Waals surface area contributed by atoms with E-state index in [1.54, 1.807) is 12.3 Å². The number of amides is 1. The summed E-state index contributed by atoms with van der Waals surface area (Å²) in [5, 5.41) is 6.61. The Bertz CT molecular complexity index is 1540. The quantitative estimate of drug-likeness (QED) is 0.375. The van der Waals surface area contributed by atoms with Gasteiger partial charge in [0.15, 0.2) is 5.82 Å². The molecule has 0 fully saturated rings. The molecular formula is C25H20FN7O2. The molecule has 0 saturated carbocycles. The van der Waals surface area contributed by atoms with Crippen molar-refractivity contribution in [1.29, 1.82) is 0 Å². The van der Waals surface area contributed by atoms with Crippen LogP contribution >= 0.6 is 0 Å². The lowest BCUT2D eigenvalue weighted by Crippen LogP contribution is -2.16. The topological polar surface area (TPSA) is 107 Å². The predicted octanol–water partition coefficient (Wildman–Crippen LogP) is 4.57. The molecule has 0 spiro atoms. The summed E-state index contributed by atoms with van der Waals surface area (Å²) in [6.07, 6.45) is 6.51. The molecule has 5 aromatic rings. The summed E-state index contributed by atoms with van der Waals surface area (Å²) < 4.78 is 22.0. The lowest BCUT2D eigenvalue weighted by molar-refractivity contribution is 0.101. The summed E-state index contributed by atoms with van der Waals surface area (Å²) >= 11 is 0. The van der Waals surface area contributed by atoms with Crippen molar-refractivity contribution < 1.29 is 13.9 Å². The van der Waals surface area contributed by atoms with E-state index in [2.05, 4.69) is 30.6 Å². The number of hydrogen-bond donors (Lipinski definition) is 2. The van der Waals surface area contributed by atoms with Crippen LogP contribution in [0.3, 0.4) is 0 Å². The second-order valence-corrected chi connectivity index (χ2v) is 7.62. The predicted molar refractivity (Wildman–Crippen MR) is 130 cm³/mol. The first-order chi connectivity index (χ1) is 17.0. The number of ether oxygens (including phenoxy) is 1. The zero-order chi connectivity index (χ0) is 24.4. The van der Waals surface area contributed by atoms with E-state index in [4.69, 9.17) is 4.74 Å². The van der Waals surface area contributed by atoms with Crippen molar-refractivity contribution in [3.8, 4) is 17.0 Å². The molecule has 2 N–H and O–H groups in total. The Morgan fingerprint density at radius 1 is 1.00 bits per heavy atom. The molecule has 0 aliphatic carbocycles. The number of nitrogens with zero attached hydrogens (tertiary/aromatic N) is 5. The zero-order valence-corrected chi connectivity index (χ0v) is 18.9. The summed E-state index contributed by atoms with van der Waals surface area (Å²) in [5.74, 6) is -0.903. The number of fused-ring (bicyclic) bond motifs is 1. The van der Waals surface area contributed by atoms with Gasteiger partial charge in [0, 0.05) is 54.4 Å². The summed E-state index contributed by atoms with van der Waals surface area (Å²) in [5.41, 5.74) is 3.05. The lowest BCUT2D eigenvalue weighted by Gasteiger charge is -2.14. The van der Waals surface area contributed by atoms with Crippen LogP contribution in [0.25, 0.3) is 22.2 Å². The molecule has 3 heterocycles. The van der Waals surface area contributed by atoms with Crippen LogP contribution in [-0.2, 0) is 7.05 Å². The number of halogens is 1. The Kier molecular flexibility index (Phi) is 5.76. The van der Waals surface area contributed by atoms with E-state index in [0.717, 1.165) is 22.2 Å². The number of hydrogen-bond acceptors (Lipinski definition) is 7. The number of rotatable bonds is 6. The van der Waals surface area contributed by atoms with Gasteiger partial charge in [0.05, 0.1) is 24.2 Å². The van der Waals surface area contributed by atoms with Crippen LogP contribution < -0.4 is 15.4 Å². The van der Waals surface area contributed by atoms with Crippen molar-refractivity contribution in [2.24, 2.45) is 7.05 Å². The number of aromatic nitrogens is 5. The first-order valence-corrected chi connectivity index (χ1v) is 10.6. The van der Waals surface area contributed by atoms with Gasteiger partial charge in [0.25, 0.3) is 5.91 Å². The highest BCUT2D eigenvalue weighted by Crippen LogP contribution is 2.33. The van der Waals surface area contributed by atoms with Gasteiger partial charge in [-0.15, -0.1) is 0 Å². The molecule has 0 radical (unpaired) electrons. The average molecular weight is 469 g/mol. The molecule has 10 heteroatoms. The van der Waals surface area contributed by atoms with Crippen molar-refractivity contribution >= 4 is 34.1 Å². The zero-order valence-electron chi connectivity index (χ0n) is 18.9. The first-order valence-electron chi connectivity index (χ1n) is 10.6. The summed E-state index contributed by atoms with van der Waals surface area (Å²) in [7, 11) is 3.40. The van der Waals surface area contributed by atoms with Gasteiger partial charge in [0.1, 0.15) is 5.75 Å². The third-order valence-electron chi connectivity index (χ3n) is 5.38. The summed E-state index contributed by atoms with van der Waals surface area (Å²) in [6.45, 7) is 0. The van der Waals surface area contributed by atoms with Gasteiger partial charge < -0.3 is 19.9 Å². The van der Waals surface area contributed by atoms with Gasteiger partial charge in [-0.25, -0.2) is 24.3 Å². The Morgan fingerprint density at radius 2 is 1.80 bits per heavy atom. The van der Waals surface area contributed by atoms with Crippen LogP contribution in [0.1, 0.15) is 10.6 Å². The number of carbonyl (C=O) groups excluding carboxylic acids is 1. The molecule has 5 rings (SSSR count). The maximum Gasteiger partial charge on any atom is 0.293 e. The standard InChI is InChI=1S/C25H20FN7O2/c1-33-14-16(15-6-3-4-7-21(15)33)18-8-11-29-25(31-18)32-20-13-19(17(26)12-22(20)35-2)30-24(34)23-27-9-5-10-28-23/h3-14H,1-2H3,(H,30,34)(H,29,31,32). The van der Waals surface area contributed by atoms with E-state index in [1.165, 1.54) is 31.6 Å². The second kappa shape index (κ2) is 9.18. The number of nitrogens with one attached hydrogen (secondary N) is 2. The van der Waals surface area contributed by atoms with Gasteiger partial charge in [0.2, 0.25) is 11.8 Å². The molecule has 0 saturated heterocycles. The third kappa shape index (κ3) is 4.36. The normalized spacial score (nSPS) is 10.8. The maximum atomic E-state index is 14.7. The van der Waals surface area contributed by atoms with E-state index in [1.807, 2.05) is 48.1 Å². The van der Waals surface area contributed by atoms with E-state index in [0.29, 0.717) is 5.69 Å². The fourth-order valence-electron chi connectivity index (χ4n) is 3.75. The second-order valence-electron chi connectivity index (χ2n) is 7.62. The molecule has 174 valence electrons. The highest BCUT2D eigenvalue weighted by atomic mass is 19.1. The highest BCUT2D eigenvalue weighted by molar-refractivity contribution is 6.02. The van der Waals surface area contributed by atoms with Crippen molar-refractivity contribution in [3.05, 3.63) is 85.0 Å². The Labute approximate surface area is 199 Å². The van der Waals surface area contributed by atoms with Crippen molar-refractivity contribution in [2.45, 2.75) is 0 Å². The molecule has 9 nitrogen and oxygen atoms in total. The van der Waals surface area contributed by atoms with Crippen LogP contribution in [-0.4, -0.2) is 37.5 Å². The van der Waals surface area contributed by atoms with Gasteiger partial charge in [-0.05, 0) is 24.3 Å². The minimum atomic E-state index is -0.679. The number of aryl methyl sites for hydroxylation is 1. The third-order valence-corrected chi connectivity index (χ3v) is 5.38. The van der Waals surface area contributed by atoms with Crippen molar-refractivity contribution in [1.82, 2.24) is 24.5 Å².